The van der Waals surface area contributed by atoms with Crippen LogP contribution in [0.1, 0.15) is 59.0 Å². The second-order valence-corrected chi connectivity index (χ2v) is 14.4. The minimum Gasteiger partial charge on any atom is -0.494 e. The molecule has 0 aliphatic rings. The molecule has 0 aliphatic heterocycles. The normalized spacial score (nSPS) is 12.0. The third-order valence-electron chi connectivity index (χ3n) is 8.05. The number of anilines is 2. The summed E-state index contributed by atoms with van der Waals surface area (Å²) in [5.74, 6) is 0.0604. The number of hydrogen-bond donors (Lipinski definition) is 3. The number of fused-ring (bicyclic) bond motifs is 1. The van der Waals surface area contributed by atoms with Crippen LogP contribution in [-0.4, -0.2) is 29.3 Å². The number of nitrogens with one attached hydrogen (secondary N) is 3. The Morgan fingerprint density at radius 1 is 0.808 bits per heavy atom. The lowest BCUT2D eigenvalue weighted by atomic mass is 10.0. The van der Waals surface area contributed by atoms with Crippen molar-refractivity contribution in [3.05, 3.63) is 155 Å². The fraction of sp³-hybridized carbons (Fsp3) is 0.143. The molecule has 0 bridgehead atoms. The van der Waals surface area contributed by atoms with Crippen LogP contribution in [0.5, 0.6) is 5.75 Å². The average Bonchev–Trinajstić information content (AvgIpc) is 3.56. The monoisotopic (exact) mass is 726 g/mol. The summed E-state index contributed by atoms with van der Waals surface area (Å²) in [6, 6.07) is 39.2. The molecule has 3 N–H and O–H groups in total. The first-order valence-electron chi connectivity index (χ1n) is 16.9. The Labute approximate surface area is 311 Å². The minimum atomic E-state index is -0.572. The number of amides is 3. The topological polar surface area (TPSA) is 109 Å². The SMILES string of the molecule is CCOc1ccc2nc(NC(=O)C(Sc3ccc(NC(=O)/C(=C/c4ccc(C(C)C)cc4)NC(=O)c4ccccc4)cc3)c3ccccc3)sc2c1. The molecule has 1 atom stereocenters. The van der Waals surface area contributed by atoms with Gasteiger partial charge in [-0.2, -0.15) is 0 Å². The Balaban J connectivity index is 1.18. The number of rotatable bonds is 13. The molecule has 1 unspecified atom stereocenters. The molecule has 6 aromatic rings. The predicted molar refractivity (Wildman–Crippen MR) is 212 cm³/mol. The van der Waals surface area contributed by atoms with Gasteiger partial charge in [0.2, 0.25) is 5.91 Å². The molecule has 0 saturated heterocycles. The van der Waals surface area contributed by atoms with Gasteiger partial charge >= 0.3 is 0 Å². The third kappa shape index (κ3) is 9.34. The molecule has 6 rings (SSSR count). The van der Waals surface area contributed by atoms with Gasteiger partial charge in [0.25, 0.3) is 11.8 Å². The number of carbonyl (C=O) groups excluding carboxylic acids is 3. The molecule has 0 spiro atoms. The van der Waals surface area contributed by atoms with Crippen LogP contribution in [0.3, 0.4) is 0 Å². The molecule has 0 radical (unpaired) electrons. The second-order valence-electron chi connectivity index (χ2n) is 12.2. The number of aromatic nitrogens is 1. The van der Waals surface area contributed by atoms with Gasteiger partial charge < -0.3 is 20.7 Å². The summed E-state index contributed by atoms with van der Waals surface area (Å²) < 4.78 is 6.54. The van der Waals surface area contributed by atoms with Gasteiger partial charge in [0.1, 0.15) is 16.7 Å². The number of benzene rings is 5. The molecule has 1 aromatic heterocycles. The fourth-order valence-electron chi connectivity index (χ4n) is 5.32. The fourth-order valence-corrected chi connectivity index (χ4v) is 7.25. The van der Waals surface area contributed by atoms with Gasteiger partial charge in [0.05, 0.1) is 16.8 Å². The van der Waals surface area contributed by atoms with Gasteiger partial charge in [-0.3, -0.25) is 14.4 Å². The molecule has 8 nitrogen and oxygen atoms in total. The summed E-state index contributed by atoms with van der Waals surface area (Å²) in [6.07, 6.45) is 1.66. The van der Waals surface area contributed by atoms with Crippen molar-refractivity contribution in [2.75, 3.05) is 17.2 Å². The summed E-state index contributed by atoms with van der Waals surface area (Å²) in [7, 11) is 0. The number of thioether (sulfide) groups is 1. The summed E-state index contributed by atoms with van der Waals surface area (Å²) in [5.41, 5.74) is 4.66. The van der Waals surface area contributed by atoms with Gasteiger partial charge in [-0.1, -0.05) is 98.0 Å². The van der Waals surface area contributed by atoms with E-state index in [0.29, 0.717) is 28.9 Å². The van der Waals surface area contributed by atoms with Crippen molar-refractivity contribution in [3.8, 4) is 5.75 Å². The first kappa shape index (κ1) is 36.1. The molecule has 262 valence electrons. The maximum atomic E-state index is 13.8. The van der Waals surface area contributed by atoms with Crippen molar-refractivity contribution in [1.82, 2.24) is 10.3 Å². The highest BCUT2D eigenvalue weighted by atomic mass is 32.2. The molecule has 52 heavy (non-hydrogen) atoms. The minimum absolute atomic E-state index is 0.106. The molecule has 3 amide bonds. The van der Waals surface area contributed by atoms with E-state index in [4.69, 9.17) is 4.74 Å². The first-order valence-corrected chi connectivity index (χ1v) is 18.6. The number of carbonyl (C=O) groups is 3. The van der Waals surface area contributed by atoms with Crippen LogP contribution in [0.25, 0.3) is 16.3 Å². The molecular weight excluding hydrogens is 689 g/mol. The van der Waals surface area contributed by atoms with E-state index in [1.165, 1.54) is 28.7 Å². The quantitative estimate of drug-likeness (QED) is 0.0808. The van der Waals surface area contributed by atoms with Crippen LogP contribution in [0.15, 0.2) is 138 Å². The second kappa shape index (κ2) is 17.0. The van der Waals surface area contributed by atoms with E-state index in [1.54, 1.807) is 42.5 Å². The van der Waals surface area contributed by atoms with Crippen LogP contribution in [0, 0.1) is 0 Å². The zero-order valence-corrected chi connectivity index (χ0v) is 30.6. The van der Waals surface area contributed by atoms with E-state index in [-0.39, 0.29) is 17.5 Å². The molecule has 5 aromatic carbocycles. The van der Waals surface area contributed by atoms with E-state index < -0.39 is 11.2 Å². The van der Waals surface area contributed by atoms with Crippen molar-refractivity contribution in [3.63, 3.8) is 0 Å². The zero-order valence-electron chi connectivity index (χ0n) is 29.0. The highest BCUT2D eigenvalue weighted by Crippen LogP contribution is 2.38. The molecule has 1 heterocycles. The Bertz CT molecular complexity index is 2180. The number of thiazole rings is 1. The zero-order chi connectivity index (χ0) is 36.5. The van der Waals surface area contributed by atoms with Crippen molar-refractivity contribution in [2.45, 2.75) is 36.8 Å². The number of nitrogens with zero attached hydrogens (tertiary/aromatic N) is 1. The summed E-state index contributed by atoms with van der Waals surface area (Å²) in [4.78, 5) is 45.9. The number of ether oxygens (including phenoxy) is 1. The van der Waals surface area contributed by atoms with E-state index >= 15 is 0 Å². The summed E-state index contributed by atoms with van der Waals surface area (Å²) in [5, 5.41) is 8.66. The lowest BCUT2D eigenvalue weighted by molar-refractivity contribution is -0.116. The molecule has 0 aliphatic carbocycles. The smallest absolute Gasteiger partial charge is 0.272 e. The maximum absolute atomic E-state index is 13.8. The van der Waals surface area contributed by atoms with E-state index in [1.807, 2.05) is 97.9 Å². The Morgan fingerprint density at radius 2 is 1.50 bits per heavy atom. The van der Waals surface area contributed by atoms with Crippen molar-refractivity contribution in [1.29, 1.82) is 0 Å². The Morgan fingerprint density at radius 3 is 2.17 bits per heavy atom. The van der Waals surface area contributed by atoms with Gasteiger partial charge in [0.15, 0.2) is 5.13 Å². The summed E-state index contributed by atoms with van der Waals surface area (Å²) in [6.45, 7) is 6.74. The van der Waals surface area contributed by atoms with Crippen LogP contribution in [0.4, 0.5) is 10.8 Å². The van der Waals surface area contributed by atoms with E-state index in [9.17, 15) is 14.4 Å². The lowest BCUT2D eigenvalue weighted by Gasteiger charge is -2.17. The molecule has 10 heteroatoms. The highest BCUT2D eigenvalue weighted by molar-refractivity contribution is 8.00. The van der Waals surface area contributed by atoms with Crippen molar-refractivity contribution >= 4 is 67.9 Å². The van der Waals surface area contributed by atoms with Crippen LogP contribution < -0.4 is 20.7 Å². The Hall–Kier alpha value is -5.71. The average molecular weight is 727 g/mol. The highest BCUT2D eigenvalue weighted by Gasteiger charge is 2.24. The van der Waals surface area contributed by atoms with Crippen LogP contribution in [0.2, 0.25) is 0 Å². The first-order chi connectivity index (χ1) is 25.2. The van der Waals surface area contributed by atoms with Crippen LogP contribution in [-0.2, 0) is 9.59 Å². The van der Waals surface area contributed by atoms with Gasteiger partial charge in [-0.25, -0.2) is 4.98 Å². The predicted octanol–water partition coefficient (Wildman–Crippen LogP) is 9.70. The Kier molecular flexibility index (Phi) is 11.8. The van der Waals surface area contributed by atoms with Crippen LogP contribution >= 0.6 is 23.1 Å². The maximum Gasteiger partial charge on any atom is 0.272 e. The van der Waals surface area contributed by atoms with Gasteiger partial charge in [0, 0.05) is 16.1 Å². The number of hydrogen-bond acceptors (Lipinski definition) is 7. The third-order valence-corrected chi connectivity index (χ3v) is 10.3. The van der Waals surface area contributed by atoms with Crippen molar-refractivity contribution < 1.29 is 19.1 Å². The summed E-state index contributed by atoms with van der Waals surface area (Å²) >= 11 is 2.79. The van der Waals surface area contributed by atoms with Gasteiger partial charge in [-0.05, 0) is 90.2 Å². The van der Waals surface area contributed by atoms with Crippen molar-refractivity contribution in [2.24, 2.45) is 0 Å². The lowest BCUT2D eigenvalue weighted by Crippen LogP contribution is -2.30. The van der Waals surface area contributed by atoms with E-state index in [2.05, 4.69) is 34.8 Å². The molecular formula is C42H38N4O4S2. The largest absolute Gasteiger partial charge is 0.494 e. The molecule has 0 fully saturated rings. The van der Waals surface area contributed by atoms with E-state index in [0.717, 1.165) is 32.0 Å². The van der Waals surface area contributed by atoms with Gasteiger partial charge in [-0.15, -0.1) is 11.8 Å². The molecule has 0 saturated carbocycles. The standard InChI is InChI=1S/C42H38N4O4S2/c1-4-50-33-21-24-35-37(26-33)52-42(45-35)46-41(49)38(30-11-7-5-8-12-30)51-34-22-19-32(20-23-34)43-40(48)36(44-39(47)31-13-9-6-10-14-31)25-28-15-17-29(18-16-28)27(2)3/h5-27,38H,4H2,1-3H3,(H,43,48)(H,44,47)(H,45,46,49)/b36-25-.